The lowest BCUT2D eigenvalue weighted by molar-refractivity contribution is -0.0397. The first-order valence-corrected chi connectivity index (χ1v) is 31.7. The summed E-state index contributed by atoms with van der Waals surface area (Å²) in [7, 11) is 0. The van der Waals surface area contributed by atoms with Crippen molar-refractivity contribution in [2.45, 2.75) is 102 Å². The van der Waals surface area contributed by atoms with Crippen molar-refractivity contribution in [3.05, 3.63) is 269 Å². The number of fused-ring (bicyclic) bond motifs is 10. The van der Waals surface area contributed by atoms with Crippen molar-refractivity contribution >= 4 is 27.8 Å². The smallest absolute Gasteiger partial charge is 0.0465 e. The summed E-state index contributed by atoms with van der Waals surface area (Å²) in [5.41, 5.74) is 32.0. The average molecular weight is 1100 g/mol. The predicted molar refractivity (Wildman–Crippen MR) is 357 cm³/mol. The summed E-state index contributed by atoms with van der Waals surface area (Å²) in [5, 5.41) is 2.61. The quantitative estimate of drug-likeness (QED) is 0.154. The highest BCUT2D eigenvalue weighted by atomic mass is 15.1. The maximum atomic E-state index is 2.66. The largest absolute Gasteiger partial charge is 0.310 e. The van der Waals surface area contributed by atoms with Crippen LogP contribution in [0, 0.1) is 23.7 Å². The molecule has 18 rings (SSSR count). The zero-order valence-electron chi connectivity index (χ0n) is 50.2. The normalized spacial score (nSPS) is 21.1. The van der Waals surface area contributed by atoms with E-state index in [0.29, 0.717) is 11.8 Å². The van der Waals surface area contributed by atoms with Crippen LogP contribution in [0.25, 0.3) is 88.7 Å². The Labute approximate surface area is 503 Å². The number of hydrogen-bond acceptors (Lipinski definition) is 1. The maximum absolute atomic E-state index is 2.66. The summed E-state index contributed by atoms with van der Waals surface area (Å²) in [6, 6.07) is 89.6. The molecule has 11 aromatic rings. The number of rotatable bonds is 7. The van der Waals surface area contributed by atoms with Gasteiger partial charge in [-0.05, 0) is 237 Å². The molecule has 0 atom stereocenters. The molecule has 0 aromatic heterocycles. The van der Waals surface area contributed by atoms with Crippen molar-refractivity contribution in [1.29, 1.82) is 0 Å². The molecule has 0 unspecified atom stereocenters. The van der Waals surface area contributed by atoms with Gasteiger partial charge >= 0.3 is 0 Å². The van der Waals surface area contributed by atoms with Crippen molar-refractivity contribution in [2.24, 2.45) is 23.7 Å². The molecule has 0 aliphatic heterocycles. The number of anilines is 3. The second kappa shape index (κ2) is 18.2. The van der Waals surface area contributed by atoms with Crippen LogP contribution >= 0.6 is 0 Å². The first kappa shape index (κ1) is 50.9. The Morgan fingerprint density at radius 2 is 0.835 bits per heavy atom. The zero-order chi connectivity index (χ0) is 57.3. The SMILES string of the molecule is CC(C)(C)c1ccc(-c2c(-c3ccc4c(c3)C(C)(C)c3cc(N(c5ccc(-c6ccccc6)cc5)c5ccc6c(c5)C(C)(C)c5ccccc5-6)ccc3-4)cc(-c3cccc4ccccc34)c3c2C2(c4ccccc4-3)C3CC4CC(C3)CC2C4)cc1. The van der Waals surface area contributed by atoms with E-state index in [1.165, 1.54) is 160 Å². The Morgan fingerprint density at radius 1 is 0.341 bits per heavy atom. The van der Waals surface area contributed by atoms with E-state index in [2.05, 4.69) is 284 Å². The van der Waals surface area contributed by atoms with Crippen molar-refractivity contribution in [3.63, 3.8) is 0 Å². The van der Waals surface area contributed by atoms with Gasteiger partial charge in [0.15, 0.2) is 0 Å². The molecule has 7 aliphatic rings. The van der Waals surface area contributed by atoms with E-state index >= 15 is 0 Å². The van der Waals surface area contributed by atoms with E-state index in [1.807, 2.05) is 0 Å². The molecule has 1 spiro atoms. The fourth-order valence-corrected chi connectivity index (χ4v) is 18.4. The lowest BCUT2D eigenvalue weighted by atomic mass is 9.42. The molecule has 1 nitrogen and oxygen atoms in total. The molecule has 0 N–H and O–H groups in total. The standard InChI is InChI=1S/C84H73N/c1-81(2,3)58-33-28-56(29-34-58)78-71(50-72(65-25-17-21-55-20-11-12-22-64(55)65)79-70-24-14-16-27-74(70)84(80(78)79)59-43-51-42-52(45-59)46-60(84)44-51)57-32-39-67-69-41-38-63(49-77(69)83(6,7)75(67)47-57)85(61-35-30-54(31-36-61)53-18-9-8-10-19-53)62-37-40-68-66-23-13-15-26-73(66)82(4,5)76(68)48-62/h8-41,47-52,59-60H,42-46H2,1-7H3. The van der Waals surface area contributed by atoms with Gasteiger partial charge in [-0.2, -0.15) is 0 Å². The summed E-state index contributed by atoms with van der Waals surface area (Å²) in [6.45, 7) is 16.8. The van der Waals surface area contributed by atoms with Gasteiger partial charge in [0.25, 0.3) is 0 Å². The summed E-state index contributed by atoms with van der Waals surface area (Å²) < 4.78 is 0. The van der Waals surface area contributed by atoms with Crippen molar-refractivity contribution in [3.8, 4) is 77.9 Å². The molecule has 1 heteroatoms. The molecule has 4 bridgehead atoms. The molecule has 4 saturated carbocycles. The first-order valence-electron chi connectivity index (χ1n) is 31.7. The zero-order valence-corrected chi connectivity index (χ0v) is 50.2. The molecule has 85 heavy (non-hydrogen) atoms. The van der Waals surface area contributed by atoms with E-state index in [4.69, 9.17) is 0 Å². The maximum Gasteiger partial charge on any atom is 0.0465 e. The number of nitrogens with zero attached hydrogens (tertiary/aromatic N) is 1. The van der Waals surface area contributed by atoms with E-state index in [-0.39, 0.29) is 21.7 Å². The number of hydrogen-bond donors (Lipinski definition) is 0. The predicted octanol–water partition coefficient (Wildman–Crippen LogP) is 22.6. The van der Waals surface area contributed by atoms with E-state index in [9.17, 15) is 0 Å². The second-order valence-corrected chi connectivity index (χ2v) is 28.4. The van der Waals surface area contributed by atoms with Gasteiger partial charge in [-0.3, -0.25) is 0 Å². The minimum Gasteiger partial charge on any atom is -0.310 e. The average Bonchev–Trinajstić information content (AvgIpc) is 1.58. The Bertz CT molecular complexity index is 4530. The van der Waals surface area contributed by atoms with Crippen LogP contribution in [0.5, 0.6) is 0 Å². The fourth-order valence-electron chi connectivity index (χ4n) is 18.4. The molecule has 0 radical (unpaired) electrons. The van der Waals surface area contributed by atoms with Gasteiger partial charge in [-0.25, -0.2) is 0 Å². The lowest BCUT2D eigenvalue weighted by Crippen LogP contribution is -2.55. The van der Waals surface area contributed by atoms with Crippen LogP contribution in [0.2, 0.25) is 0 Å². The Morgan fingerprint density at radius 3 is 1.51 bits per heavy atom. The van der Waals surface area contributed by atoms with Crippen LogP contribution in [0.4, 0.5) is 17.1 Å². The molecule has 0 heterocycles. The fraction of sp³-hybridized carbons (Fsp3) is 0.238. The van der Waals surface area contributed by atoms with Gasteiger partial charge in [-0.15, -0.1) is 0 Å². The highest BCUT2D eigenvalue weighted by Gasteiger charge is 2.63. The van der Waals surface area contributed by atoms with Crippen LogP contribution in [-0.4, -0.2) is 0 Å². The van der Waals surface area contributed by atoms with Gasteiger partial charge in [0.2, 0.25) is 0 Å². The summed E-state index contributed by atoms with van der Waals surface area (Å²) in [4.78, 5) is 2.51. The second-order valence-electron chi connectivity index (χ2n) is 28.4. The lowest BCUT2D eigenvalue weighted by Gasteiger charge is -2.61. The minimum absolute atomic E-state index is 0.0372. The molecule has 414 valence electrons. The first-order chi connectivity index (χ1) is 41.2. The number of benzene rings is 11. The Kier molecular flexibility index (Phi) is 10.9. The van der Waals surface area contributed by atoms with Gasteiger partial charge in [-0.1, -0.05) is 230 Å². The third-order valence-corrected chi connectivity index (χ3v) is 22.2. The van der Waals surface area contributed by atoms with Crippen LogP contribution in [0.3, 0.4) is 0 Å². The monoisotopic (exact) mass is 1100 g/mol. The highest BCUT2D eigenvalue weighted by Crippen LogP contribution is 2.72. The van der Waals surface area contributed by atoms with Gasteiger partial charge in [0, 0.05) is 33.3 Å². The molecule has 7 aliphatic carbocycles. The Hall–Kier alpha value is -8.52. The molecule has 0 amide bonds. The summed E-state index contributed by atoms with van der Waals surface area (Å²) in [5.74, 6) is 2.90. The topological polar surface area (TPSA) is 3.24 Å². The van der Waals surface area contributed by atoms with Crippen LogP contribution in [0.1, 0.15) is 120 Å². The van der Waals surface area contributed by atoms with Crippen molar-refractivity contribution in [1.82, 2.24) is 0 Å². The van der Waals surface area contributed by atoms with Crippen LogP contribution in [-0.2, 0) is 21.7 Å². The van der Waals surface area contributed by atoms with Crippen LogP contribution in [0.15, 0.2) is 231 Å². The highest BCUT2D eigenvalue weighted by molar-refractivity contribution is 6.08. The molecule has 4 fully saturated rings. The molecular formula is C84H73N. The molecular weight excluding hydrogens is 1020 g/mol. The summed E-state index contributed by atoms with van der Waals surface area (Å²) >= 11 is 0. The van der Waals surface area contributed by atoms with Gasteiger partial charge < -0.3 is 4.90 Å². The van der Waals surface area contributed by atoms with Crippen molar-refractivity contribution in [2.75, 3.05) is 4.90 Å². The molecule has 11 aromatic carbocycles. The molecule has 0 saturated heterocycles. The minimum atomic E-state index is -0.302. The van der Waals surface area contributed by atoms with E-state index < -0.39 is 0 Å². The third-order valence-electron chi connectivity index (χ3n) is 22.2. The third kappa shape index (κ3) is 7.35. The summed E-state index contributed by atoms with van der Waals surface area (Å²) in [6.07, 6.45) is 6.76. The van der Waals surface area contributed by atoms with E-state index in [0.717, 1.165) is 17.5 Å². The van der Waals surface area contributed by atoms with Crippen molar-refractivity contribution < 1.29 is 0 Å². The Balaban J connectivity index is 0.868. The van der Waals surface area contributed by atoms with Gasteiger partial charge in [0.1, 0.15) is 0 Å². The van der Waals surface area contributed by atoms with Crippen LogP contribution < -0.4 is 4.90 Å². The van der Waals surface area contributed by atoms with E-state index in [1.54, 1.807) is 11.1 Å². The van der Waals surface area contributed by atoms with Gasteiger partial charge in [0.05, 0.1) is 0 Å².